The van der Waals surface area contributed by atoms with E-state index in [-0.39, 0.29) is 12.1 Å². The lowest BCUT2D eigenvalue weighted by Crippen LogP contribution is -2.22. The lowest BCUT2D eigenvalue weighted by atomic mass is 10.0. The zero-order valence-corrected chi connectivity index (χ0v) is 15.0. The van der Waals surface area contributed by atoms with Gasteiger partial charge in [-0.05, 0) is 47.5 Å². The topological polar surface area (TPSA) is 60.9 Å². The van der Waals surface area contributed by atoms with Crippen molar-refractivity contribution in [1.82, 2.24) is 14.5 Å². The third-order valence-corrected chi connectivity index (χ3v) is 4.89. The number of aromatic nitrogens is 3. The Morgan fingerprint density at radius 1 is 0.966 bits per heavy atom. The Labute approximate surface area is 162 Å². The molecular weight excluding hydrogens is 376 g/mol. The van der Waals surface area contributed by atoms with Gasteiger partial charge in [-0.25, -0.2) is 13.8 Å². The number of benzene rings is 2. The molecule has 0 amide bonds. The number of hydrogen-bond donors (Lipinski definition) is 0. The van der Waals surface area contributed by atoms with Crippen LogP contribution in [-0.2, 0) is 6.54 Å². The van der Waals surface area contributed by atoms with Gasteiger partial charge in [0.15, 0.2) is 0 Å². The van der Waals surface area contributed by atoms with Gasteiger partial charge in [-0.3, -0.25) is 14.3 Å². The molecule has 0 aliphatic heterocycles. The number of fused-ring (bicyclic) bond motifs is 2. The van der Waals surface area contributed by atoms with E-state index in [9.17, 15) is 13.6 Å². The fourth-order valence-corrected chi connectivity index (χ4v) is 3.40. The van der Waals surface area contributed by atoms with Crippen LogP contribution in [0.2, 0.25) is 0 Å². The zero-order chi connectivity index (χ0) is 20.0. The van der Waals surface area contributed by atoms with Gasteiger partial charge in [0.05, 0.1) is 36.2 Å². The van der Waals surface area contributed by atoms with Gasteiger partial charge in [-0.15, -0.1) is 0 Å². The molecule has 0 spiro atoms. The van der Waals surface area contributed by atoms with Crippen molar-refractivity contribution in [2.24, 2.45) is 0 Å². The number of hydrogen-bond acceptors (Lipinski definition) is 4. The number of nitrogens with zero attached hydrogens (tertiary/aromatic N) is 3. The molecule has 0 atom stereocenters. The Hall–Kier alpha value is -3.87. The van der Waals surface area contributed by atoms with E-state index in [1.54, 1.807) is 36.6 Å². The molecule has 7 heteroatoms. The molecule has 0 N–H and O–H groups in total. The van der Waals surface area contributed by atoms with Crippen molar-refractivity contribution in [1.29, 1.82) is 0 Å². The first kappa shape index (κ1) is 17.2. The van der Waals surface area contributed by atoms with Gasteiger partial charge in [-0.2, -0.15) is 0 Å². The summed E-state index contributed by atoms with van der Waals surface area (Å²) in [5, 5.41) is 0.842. The maximum Gasteiger partial charge on any atom is 0.269 e. The third kappa shape index (κ3) is 2.97. The highest BCUT2D eigenvalue weighted by atomic mass is 19.1. The minimum Gasteiger partial charge on any atom is -0.464 e. The van der Waals surface area contributed by atoms with Crippen molar-refractivity contribution in [3.63, 3.8) is 0 Å². The lowest BCUT2D eigenvalue weighted by Gasteiger charge is -2.12. The predicted molar refractivity (Wildman–Crippen MR) is 104 cm³/mol. The Bertz CT molecular complexity index is 1420. The van der Waals surface area contributed by atoms with Gasteiger partial charge in [0.25, 0.3) is 5.56 Å². The molecule has 5 nitrogen and oxygen atoms in total. The molecule has 5 aromatic rings. The van der Waals surface area contributed by atoms with E-state index in [1.807, 2.05) is 0 Å². The van der Waals surface area contributed by atoms with Gasteiger partial charge in [0, 0.05) is 17.1 Å². The van der Waals surface area contributed by atoms with Gasteiger partial charge in [0.1, 0.15) is 17.2 Å². The standard InChI is InChI=1S/C22H13F2N3O2/c23-17-8-15(13-1-2-21-14(7-13)4-6-29-21)9-18(24)16(17)12-27-20-10-25-5-3-19(20)26-11-22(27)28/h1-11H,12H2. The van der Waals surface area contributed by atoms with Crippen LogP contribution in [-0.4, -0.2) is 14.5 Å². The van der Waals surface area contributed by atoms with E-state index in [1.165, 1.54) is 29.1 Å². The highest BCUT2D eigenvalue weighted by Gasteiger charge is 2.15. The second-order valence-corrected chi connectivity index (χ2v) is 6.64. The van der Waals surface area contributed by atoms with Crippen LogP contribution in [0.15, 0.2) is 76.5 Å². The molecule has 0 aliphatic carbocycles. The van der Waals surface area contributed by atoms with E-state index < -0.39 is 17.2 Å². The van der Waals surface area contributed by atoms with E-state index in [2.05, 4.69) is 9.97 Å². The second-order valence-electron chi connectivity index (χ2n) is 6.64. The molecule has 5 rings (SSSR count). The number of halogens is 2. The summed E-state index contributed by atoms with van der Waals surface area (Å²) in [6.07, 6.45) is 5.68. The molecule has 0 saturated heterocycles. The smallest absolute Gasteiger partial charge is 0.269 e. The van der Waals surface area contributed by atoms with E-state index in [0.717, 1.165) is 11.6 Å². The average molecular weight is 389 g/mol. The van der Waals surface area contributed by atoms with Crippen LogP contribution in [0.1, 0.15) is 5.56 Å². The Kier molecular flexibility index (Phi) is 3.94. The first-order chi connectivity index (χ1) is 14.1. The zero-order valence-electron chi connectivity index (χ0n) is 15.0. The predicted octanol–water partition coefficient (Wildman–Crippen LogP) is 4.53. The molecule has 29 heavy (non-hydrogen) atoms. The largest absolute Gasteiger partial charge is 0.464 e. The molecule has 2 aromatic carbocycles. The van der Waals surface area contributed by atoms with Crippen LogP contribution in [0, 0.1) is 11.6 Å². The Morgan fingerprint density at radius 2 is 1.79 bits per heavy atom. The summed E-state index contributed by atoms with van der Waals surface area (Å²) in [5.41, 5.74) is 2.04. The summed E-state index contributed by atoms with van der Waals surface area (Å²) in [5.74, 6) is -1.46. The molecular formula is C22H13F2N3O2. The second kappa shape index (κ2) is 6.63. The van der Waals surface area contributed by atoms with Crippen molar-refractivity contribution in [2.75, 3.05) is 0 Å². The third-order valence-electron chi connectivity index (χ3n) is 4.89. The molecule has 3 aromatic heterocycles. The summed E-state index contributed by atoms with van der Waals surface area (Å²) in [6.45, 7) is -0.262. The van der Waals surface area contributed by atoms with E-state index in [4.69, 9.17) is 4.42 Å². The van der Waals surface area contributed by atoms with Crippen molar-refractivity contribution < 1.29 is 13.2 Å². The SMILES string of the molecule is O=c1cnc2ccncc2n1Cc1c(F)cc(-c2ccc3occc3c2)cc1F. The first-order valence-electron chi connectivity index (χ1n) is 8.85. The maximum atomic E-state index is 14.9. The van der Waals surface area contributed by atoms with Crippen LogP contribution in [0.3, 0.4) is 0 Å². The molecule has 0 bridgehead atoms. The van der Waals surface area contributed by atoms with Gasteiger partial charge < -0.3 is 4.42 Å². The van der Waals surface area contributed by atoms with Crippen LogP contribution in [0.5, 0.6) is 0 Å². The molecule has 0 saturated carbocycles. The monoisotopic (exact) mass is 389 g/mol. The summed E-state index contributed by atoms with van der Waals surface area (Å²) >= 11 is 0. The number of furan rings is 1. The van der Waals surface area contributed by atoms with E-state index in [0.29, 0.717) is 27.7 Å². The summed E-state index contributed by atoms with van der Waals surface area (Å²) in [6, 6.07) is 11.3. The van der Waals surface area contributed by atoms with E-state index >= 15 is 0 Å². The molecule has 0 aliphatic rings. The van der Waals surface area contributed by atoms with Gasteiger partial charge >= 0.3 is 0 Å². The molecule has 0 radical (unpaired) electrons. The van der Waals surface area contributed by atoms with Crippen LogP contribution in [0.25, 0.3) is 33.1 Å². The molecule has 3 heterocycles. The van der Waals surface area contributed by atoms with Crippen molar-refractivity contribution >= 4 is 22.0 Å². The minimum absolute atomic E-state index is 0.198. The maximum absolute atomic E-state index is 14.9. The van der Waals surface area contributed by atoms with Crippen LogP contribution in [0.4, 0.5) is 8.78 Å². The van der Waals surface area contributed by atoms with Gasteiger partial charge in [0.2, 0.25) is 0 Å². The van der Waals surface area contributed by atoms with Crippen molar-refractivity contribution in [3.8, 4) is 11.1 Å². The molecule has 0 unspecified atom stereocenters. The summed E-state index contributed by atoms with van der Waals surface area (Å²) in [7, 11) is 0. The molecule has 0 fully saturated rings. The number of pyridine rings is 1. The van der Waals surface area contributed by atoms with Crippen LogP contribution < -0.4 is 5.56 Å². The van der Waals surface area contributed by atoms with Crippen molar-refractivity contribution in [2.45, 2.75) is 6.54 Å². The average Bonchev–Trinajstić information content (AvgIpc) is 3.19. The first-order valence-corrected chi connectivity index (χ1v) is 8.85. The molecule has 142 valence electrons. The van der Waals surface area contributed by atoms with Crippen LogP contribution >= 0.6 is 0 Å². The highest BCUT2D eigenvalue weighted by Crippen LogP contribution is 2.28. The normalized spacial score (nSPS) is 11.4. The summed E-state index contributed by atoms with van der Waals surface area (Å²) in [4.78, 5) is 20.3. The summed E-state index contributed by atoms with van der Waals surface area (Å²) < 4.78 is 36.3. The van der Waals surface area contributed by atoms with Gasteiger partial charge in [-0.1, -0.05) is 6.07 Å². The van der Waals surface area contributed by atoms with Crippen molar-refractivity contribution in [3.05, 3.63) is 94.9 Å². The fraction of sp³-hybridized carbons (Fsp3) is 0.0455. The Morgan fingerprint density at radius 3 is 2.62 bits per heavy atom. The highest BCUT2D eigenvalue weighted by molar-refractivity contribution is 5.83. The lowest BCUT2D eigenvalue weighted by molar-refractivity contribution is 0.545. The quantitative estimate of drug-likeness (QED) is 0.455. The fourth-order valence-electron chi connectivity index (χ4n) is 3.40. The minimum atomic E-state index is -0.729. The Balaban J connectivity index is 1.59. The number of rotatable bonds is 3.